The van der Waals surface area contributed by atoms with Crippen LogP contribution in [0, 0.1) is 0 Å². The van der Waals surface area contributed by atoms with Crippen LogP contribution in [0.4, 0.5) is 0 Å². The molecule has 0 aliphatic heterocycles. The molecule has 0 saturated carbocycles. The summed E-state index contributed by atoms with van der Waals surface area (Å²) in [7, 11) is -4.40. The van der Waals surface area contributed by atoms with Gasteiger partial charge in [0, 0.05) is 19.4 Å². The Balaban J connectivity index is 3.77. The zero-order valence-corrected chi connectivity index (χ0v) is 61.9. The van der Waals surface area contributed by atoms with Crippen molar-refractivity contribution in [3.63, 3.8) is 0 Å². The minimum atomic E-state index is -4.40. The van der Waals surface area contributed by atoms with Crippen molar-refractivity contribution in [2.75, 3.05) is 26.4 Å². The maximum atomic E-state index is 12.8. The number of carbonyl (C=O) groups excluding carboxylic acids is 2. The number of carbonyl (C=O) groups is 2. The first-order valence-corrected chi connectivity index (χ1v) is 41.2. The molecule has 0 radical (unpaired) electrons. The fourth-order valence-corrected chi connectivity index (χ4v) is 12.4. The lowest BCUT2D eigenvalue weighted by atomic mass is 10.0. The van der Waals surface area contributed by atoms with Crippen LogP contribution in [-0.4, -0.2) is 49.3 Å². The van der Waals surface area contributed by atoms with Gasteiger partial charge in [-0.05, 0) is 96.3 Å². The quantitative estimate of drug-likeness (QED) is 0.0264. The number of phosphoric acid groups is 1. The third kappa shape index (κ3) is 77.8. The summed E-state index contributed by atoms with van der Waals surface area (Å²) >= 11 is 0. The topological polar surface area (TPSA) is 134 Å². The molecule has 0 aliphatic rings. The summed E-state index contributed by atoms with van der Waals surface area (Å²) in [5.74, 6) is -0.812. The summed E-state index contributed by atoms with van der Waals surface area (Å²) in [5.41, 5.74) is 5.41. The number of hydrogen-bond acceptors (Lipinski definition) is 8. The van der Waals surface area contributed by atoms with Crippen LogP contribution in [0.5, 0.6) is 0 Å². The average Bonchev–Trinajstić information content (AvgIpc) is 3.70. The highest BCUT2D eigenvalue weighted by molar-refractivity contribution is 7.47. The van der Waals surface area contributed by atoms with Gasteiger partial charge in [0.15, 0.2) is 6.10 Å². The standard InChI is InChI=1S/C83H150NO8P/c1-3-5-7-9-11-13-15-17-19-21-23-25-27-29-31-33-35-36-37-38-39-40-41-42-43-44-46-47-49-51-53-55-57-59-61-63-65-67-69-71-73-75-82(85)89-79-81(80-91-93(87,88)90-78-77-84)92-83(86)76-74-72-70-68-66-64-62-60-58-56-54-52-50-48-45-34-32-30-28-26-24-22-20-18-16-14-12-10-8-6-4-2/h6,8,12,14-15,17-18,20-21,23-24,26-27,29-30,32,81H,3-5,7,9-11,13,16,19,22,25,28,31,33-80,84H2,1-2H3,(H,87,88)/b8-6-,14-12-,17-15-,20-18-,23-21-,26-24-,29-27-,32-30-. The van der Waals surface area contributed by atoms with Gasteiger partial charge in [-0.25, -0.2) is 4.57 Å². The molecule has 2 unspecified atom stereocenters. The van der Waals surface area contributed by atoms with Crippen LogP contribution in [0.2, 0.25) is 0 Å². The van der Waals surface area contributed by atoms with Gasteiger partial charge in [-0.15, -0.1) is 0 Å². The SMILES string of the molecule is CC/C=C\C/C=C\C/C=C\C/C=C\C/C=C\CCCCCCCCCCCCCCCCCC(=O)OC(COC(=O)CCCCCCCCCCCCCCCCCCCCCCCCCCCC/C=C\C/C=C\C/C=C\CCCCCCC)COP(=O)(O)OCCN. The first-order valence-electron chi connectivity index (χ1n) is 39.7. The molecule has 0 bridgehead atoms. The van der Waals surface area contributed by atoms with Crippen molar-refractivity contribution in [3.8, 4) is 0 Å². The molecule has 9 nitrogen and oxygen atoms in total. The van der Waals surface area contributed by atoms with Crippen molar-refractivity contribution in [2.24, 2.45) is 5.73 Å². The van der Waals surface area contributed by atoms with Gasteiger partial charge in [-0.2, -0.15) is 0 Å². The summed E-state index contributed by atoms with van der Waals surface area (Å²) in [4.78, 5) is 35.5. The second kappa shape index (κ2) is 77.9. The van der Waals surface area contributed by atoms with E-state index in [0.29, 0.717) is 6.42 Å². The first-order chi connectivity index (χ1) is 45.8. The van der Waals surface area contributed by atoms with Crippen molar-refractivity contribution in [1.82, 2.24) is 0 Å². The Bertz CT molecular complexity index is 1850. The Morgan fingerprint density at radius 1 is 0.333 bits per heavy atom. The summed E-state index contributed by atoms with van der Waals surface area (Å²) in [6.07, 6.45) is 107. The van der Waals surface area contributed by atoms with E-state index in [1.54, 1.807) is 0 Å². The number of esters is 2. The molecule has 0 aromatic heterocycles. The van der Waals surface area contributed by atoms with Crippen LogP contribution < -0.4 is 5.73 Å². The normalized spacial score (nSPS) is 13.4. The predicted molar refractivity (Wildman–Crippen MR) is 404 cm³/mol. The molecule has 0 saturated heterocycles. The van der Waals surface area contributed by atoms with Gasteiger partial charge in [0.1, 0.15) is 6.61 Å². The molecule has 540 valence electrons. The number of phosphoric ester groups is 1. The van der Waals surface area contributed by atoms with E-state index in [0.717, 1.165) is 83.5 Å². The molecule has 10 heteroatoms. The van der Waals surface area contributed by atoms with Crippen LogP contribution in [0.15, 0.2) is 97.2 Å². The molecule has 0 amide bonds. The van der Waals surface area contributed by atoms with E-state index in [4.69, 9.17) is 24.3 Å². The lowest BCUT2D eigenvalue weighted by Gasteiger charge is -2.19. The van der Waals surface area contributed by atoms with Gasteiger partial charge >= 0.3 is 19.8 Å². The minimum Gasteiger partial charge on any atom is -0.462 e. The fourth-order valence-electron chi connectivity index (χ4n) is 11.6. The molecule has 3 N–H and O–H groups in total. The molecule has 0 spiro atoms. The van der Waals surface area contributed by atoms with Gasteiger partial charge in [0.05, 0.1) is 13.2 Å². The van der Waals surface area contributed by atoms with E-state index in [1.165, 1.54) is 270 Å². The maximum Gasteiger partial charge on any atom is 0.472 e. The number of nitrogens with two attached hydrogens (primary N) is 1. The summed E-state index contributed by atoms with van der Waals surface area (Å²) in [6, 6.07) is 0. The van der Waals surface area contributed by atoms with Crippen LogP contribution in [0.25, 0.3) is 0 Å². The van der Waals surface area contributed by atoms with E-state index >= 15 is 0 Å². The molecular weight excluding hydrogens is 1170 g/mol. The Labute approximate surface area is 576 Å². The molecule has 0 rings (SSSR count). The maximum absolute atomic E-state index is 12.8. The molecule has 0 heterocycles. The Morgan fingerprint density at radius 2 is 0.591 bits per heavy atom. The molecule has 0 aliphatic carbocycles. The van der Waals surface area contributed by atoms with E-state index < -0.39 is 26.5 Å². The fraction of sp³-hybridized carbons (Fsp3) is 0.783. The monoisotopic (exact) mass is 1320 g/mol. The molecule has 0 aromatic carbocycles. The Morgan fingerprint density at radius 3 is 0.882 bits per heavy atom. The molecule has 0 aromatic rings. The van der Waals surface area contributed by atoms with Crippen LogP contribution in [-0.2, 0) is 32.7 Å². The number of ether oxygens (including phenoxy) is 2. The van der Waals surface area contributed by atoms with Crippen molar-refractivity contribution < 1.29 is 37.6 Å². The number of allylic oxidation sites excluding steroid dienone is 16. The van der Waals surface area contributed by atoms with E-state index in [1.807, 2.05) is 0 Å². The van der Waals surface area contributed by atoms with Gasteiger partial charge in [0.2, 0.25) is 0 Å². The van der Waals surface area contributed by atoms with Crippen molar-refractivity contribution >= 4 is 19.8 Å². The van der Waals surface area contributed by atoms with Gasteiger partial charge in [0.25, 0.3) is 0 Å². The third-order valence-corrected chi connectivity index (χ3v) is 18.4. The van der Waals surface area contributed by atoms with Crippen LogP contribution >= 0.6 is 7.82 Å². The van der Waals surface area contributed by atoms with E-state index in [2.05, 4.69) is 111 Å². The molecule has 0 fully saturated rings. The highest BCUT2D eigenvalue weighted by Crippen LogP contribution is 2.43. The highest BCUT2D eigenvalue weighted by atomic mass is 31.2. The van der Waals surface area contributed by atoms with Crippen molar-refractivity contribution in [1.29, 1.82) is 0 Å². The van der Waals surface area contributed by atoms with Crippen molar-refractivity contribution in [3.05, 3.63) is 97.2 Å². The minimum absolute atomic E-state index is 0.0526. The lowest BCUT2D eigenvalue weighted by Crippen LogP contribution is -2.29. The van der Waals surface area contributed by atoms with Crippen LogP contribution in [0.1, 0.15) is 386 Å². The zero-order chi connectivity index (χ0) is 67.2. The first kappa shape index (κ1) is 89.9. The number of rotatable bonds is 75. The summed E-state index contributed by atoms with van der Waals surface area (Å²) in [6.45, 7) is 3.67. The molecular formula is C83H150NO8P. The summed E-state index contributed by atoms with van der Waals surface area (Å²) < 4.78 is 33.3. The van der Waals surface area contributed by atoms with Gasteiger partial charge in [-0.1, -0.05) is 374 Å². The average molecular weight is 1320 g/mol. The number of hydrogen-bond donors (Lipinski definition) is 2. The second-order valence-corrected chi connectivity index (χ2v) is 28.0. The zero-order valence-electron chi connectivity index (χ0n) is 61.0. The molecule has 2 atom stereocenters. The largest absolute Gasteiger partial charge is 0.472 e. The molecule has 93 heavy (non-hydrogen) atoms. The predicted octanol–water partition coefficient (Wildman–Crippen LogP) is 26.6. The van der Waals surface area contributed by atoms with E-state index in [-0.39, 0.29) is 38.6 Å². The second-order valence-electron chi connectivity index (χ2n) is 26.6. The van der Waals surface area contributed by atoms with Gasteiger partial charge < -0.3 is 20.1 Å². The van der Waals surface area contributed by atoms with Gasteiger partial charge in [-0.3, -0.25) is 18.6 Å². The Hall–Kier alpha value is -3.07. The summed E-state index contributed by atoms with van der Waals surface area (Å²) in [5, 5.41) is 0. The van der Waals surface area contributed by atoms with E-state index in [9.17, 15) is 19.0 Å². The number of unbranched alkanes of at least 4 members (excludes halogenated alkanes) is 46. The highest BCUT2D eigenvalue weighted by Gasteiger charge is 2.26. The Kier molecular flexibility index (Phi) is 75.4. The lowest BCUT2D eigenvalue weighted by molar-refractivity contribution is -0.161. The van der Waals surface area contributed by atoms with Crippen LogP contribution in [0.3, 0.4) is 0 Å². The third-order valence-electron chi connectivity index (χ3n) is 17.5. The van der Waals surface area contributed by atoms with Crippen molar-refractivity contribution in [2.45, 2.75) is 392 Å². The smallest absolute Gasteiger partial charge is 0.462 e.